The number of nitrogens with zero attached hydrogens (tertiary/aromatic N) is 2. The molecular formula is C12H13N3O. The van der Waals surface area contributed by atoms with E-state index < -0.39 is 0 Å². The molecule has 82 valence electrons. The molecule has 4 heteroatoms. The van der Waals surface area contributed by atoms with E-state index in [1.807, 2.05) is 18.2 Å². The molecule has 0 bridgehead atoms. The lowest BCUT2D eigenvalue weighted by Gasteiger charge is -2.06. The zero-order chi connectivity index (χ0) is 11.1. The van der Waals surface area contributed by atoms with Crippen molar-refractivity contribution in [3.05, 3.63) is 24.0 Å². The molecule has 2 N–H and O–H groups in total. The highest BCUT2D eigenvalue weighted by atomic mass is 16.5. The van der Waals surface area contributed by atoms with Gasteiger partial charge in [0.15, 0.2) is 0 Å². The first-order chi connectivity index (χ1) is 7.78. The van der Waals surface area contributed by atoms with Crippen molar-refractivity contribution in [2.24, 2.45) is 0 Å². The van der Waals surface area contributed by atoms with Crippen LogP contribution in [0.4, 0.5) is 5.82 Å². The summed E-state index contributed by atoms with van der Waals surface area (Å²) in [7, 11) is 1.65. The molecule has 0 aliphatic heterocycles. The fourth-order valence-electron chi connectivity index (χ4n) is 1.80. The van der Waals surface area contributed by atoms with Gasteiger partial charge >= 0.3 is 0 Å². The van der Waals surface area contributed by atoms with Crippen LogP contribution >= 0.6 is 0 Å². The first-order valence-electron chi connectivity index (χ1n) is 5.39. The summed E-state index contributed by atoms with van der Waals surface area (Å²) in [6, 6.07) is 5.68. The Morgan fingerprint density at radius 2 is 2.12 bits per heavy atom. The summed E-state index contributed by atoms with van der Waals surface area (Å²) in [5, 5.41) is 0.894. The molecule has 0 unspecified atom stereocenters. The average molecular weight is 215 g/mol. The first-order valence-corrected chi connectivity index (χ1v) is 5.39. The number of nitrogen functional groups attached to an aromatic ring is 1. The largest absolute Gasteiger partial charge is 0.497 e. The van der Waals surface area contributed by atoms with Crippen molar-refractivity contribution in [3.8, 4) is 5.75 Å². The molecule has 1 aromatic carbocycles. The highest BCUT2D eigenvalue weighted by Gasteiger charge is 2.27. The third-order valence-corrected chi connectivity index (χ3v) is 2.89. The predicted molar refractivity (Wildman–Crippen MR) is 62.5 cm³/mol. The molecule has 1 aliphatic rings. The van der Waals surface area contributed by atoms with E-state index in [0.717, 1.165) is 22.5 Å². The number of hydrogen-bond acceptors (Lipinski definition) is 4. The lowest BCUT2D eigenvalue weighted by atomic mass is 10.2. The maximum absolute atomic E-state index is 5.92. The molecular weight excluding hydrogens is 202 g/mol. The number of rotatable bonds is 2. The number of hydrogen-bond donors (Lipinski definition) is 1. The smallest absolute Gasteiger partial charge is 0.135 e. The van der Waals surface area contributed by atoms with Gasteiger partial charge in [-0.15, -0.1) is 0 Å². The molecule has 1 aliphatic carbocycles. The van der Waals surface area contributed by atoms with E-state index >= 15 is 0 Å². The number of anilines is 1. The standard InChI is InChI=1S/C12H13N3O/c1-16-8-4-5-9-10(6-8)14-12(7-2-3-7)15-11(9)13/h4-7H,2-3H2,1H3,(H2,13,14,15). The third-order valence-electron chi connectivity index (χ3n) is 2.89. The van der Waals surface area contributed by atoms with Gasteiger partial charge in [-0.05, 0) is 25.0 Å². The van der Waals surface area contributed by atoms with E-state index in [0.29, 0.717) is 11.7 Å². The molecule has 1 heterocycles. The van der Waals surface area contributed by atoms with Gasteiger partial charge in [-0.2, -0.15) is 0 Å². The van der Waals surface area contributed by atoms with Crippen LogP contribution in [0.5, 0.6) is 5.75 Å². The number of benzene rings is 1. The van der Waals surface area contributed by atoms with Crippen LogP contribution in [0.25, 0.3) is 10.9 Å². The molecule has 16 heavy (non-hydrogen) atoms. The minimum Gasteiger partial charge on any atom is -0.497 e. The normalized spacial score (nSPS) is 15.3. The summed E-state index contributed by atoms with van der Waals surface area (Å²) >= 11 is 0. The van der Waals surface area contributed by atoms with Crippen molar-refractivity contribution in [3.63, 3.8) is 0 Å². The lowest BCUT2D eigenvalue weighted by molar-refractivity contribution is 0.415. The van der Waals surface area contributed by atoms with E-state index in [1.165, 1.54) is 12.8 Å². The van der Waals surface area contributed by atoms with Gasteiger partial charge in [0, 0.05) is 17.4 Å². The molecule has 1 aromatic heterocycles. The molecule has 0 radical (unpaired) electrons. The summed E-state index contributed by atoms with van der Waals surface area (Å²) in [6.45, 7) is 0. The quantitative estimate of drug-likeness (QED) is 0.833. The van der Waals surface area contributed by atoms with Crippen molar-refractivity contribution in [1.29, 1.82) is 0 Å². The summed E-state index contributed by atoms with van der Waals surface area (Å²) in [4.78, 5) is 8.88. The summed E-state index contributed by atoms with van der Waals surface area (Å²) in [6.07, 6.45) is 2.35. The van der Waals surface area contributed by atoms with Crippen LogP contribution in [0.1, 0.15) is 24.6 Å². The average Bonchev–Trinajstić information content (AvgIpc) is 3.12. The fraction of sp³-hybridized carbons (Fsp3) is 0.333. The topological polar surface area (TPSA) is 61.0 Å². The Hall–Kier alpha value is -1.84. The second kappa shape index (κ2) is 3.33. The van der Waals surface area contributed by atoms with Crippen LogP contribution in [0.3, 0.4) is 0 Å². The van der Waals surface area contributed by atoms with Crippen LogP contribution in [0, 0.1) is 0 Å². The number of aromatic nitrogens is 2. The minimum atomic E-state index is 0.512. The van der Waals surface area contributed by atoms with Gasteiger partial charge in [-0.1, -0.05) is 0 Å². The van der Waals surface area contributed by atoms with Crippen LogP contribution < -0.4 is 10.5 Å². The Labute approximate surface area is 93.5 Å². The second-order valence-corrected chi connectivity index (χ2v) is 4.12. The molecule has 0 spiro atoms. The second-order valence-electron chi connectivity index (χ2n) is 4.12. The number of methoxy groups -OCH3 is 1. The van der Waals surface area contributed by atoms with Crippen LogP contribution in [-0.4, -0.2) is 17.1 Å². The third kappa shape index (κ3) is 1.46. The van der Waals surface area contributed by atoms with Gasteiger partial charge in [0.2, 0.25) is 0 Å². The molecule has 1 fully saturated rings. The van der Waals surface area contributed by atoms with Crippen molar-refractivity contribution in [1.82, 2.24) is 9.97 Å². The van der Waals surface area contributed by atoms with Crippen LogP contribution in [0.2, 0.25) is 0 Å². The van der Waals surface area contributed by atoms with E-state index in [1.54, 1.807) is 7.11 Å². The molecule has 2 aromatic rings. The minimum absolute atomic E-state index is 0.512. The van der Waals surface area contributed by atoms with Gasteiger partial charge in [0.25, 0.3) is 0 Å². The maximum Gasteiger partial charge on any atom is 0.135 e. The first kappa shape index (κ1) is 9.39. The van der Waals surface area contributed by atoms with Crippen molar-refractivity contribution >= 4 is 16.7 Å². The van der Waals surface area contributed by atoms with Crippen molar-refractivity contribution in [2.45, 2.75) is 18.8 Å². The molecule has 0 atom stereocenters. The summed E-state index contributed by atoms with van der Waals surface area (Å²) < 4.78 is 5.18. The Bertz CT molecular complexity index is 549. The number of ether oxygens (including phenoxy) is 1. The van der Waals surface area contributed by atoms with E-state index in [2.05, 4.69) is 9.97 Å². The SMILES string of the molecule is COc1ccc2c(N)nc(C3CC3)nc2c1. The predicted octanol–water partition coefficient (Wildman–Crippen LogP) is 2.10. The molecule has 3 rings (SSSR count). The summed E-state index contributed by atoms with van der Waals surface area (Å²) in [5.74, 6) is 2.75. The van der Waals surface area contributed by atoms with Gasteiger partial charge in [-0.3, -0.25) is 0 Å². The fourth-order valence-corrected chi connectivity index (χ4v) is 1.80. The van der Waals surface area contributed by atoms with Crippen molar-refractivity contribution in [2.75, 3.05) is 12.8 Å². The van der Waals surface area contributed by atoms with Crippen LogP contribution in [0.15, 0.2) is 18.2 Å². The Balaban J connectivity index is 2.21. The van der Waals surface area contributed by atoms with Crippen LogP contribution in [-0.2, 0) is 0 Å². The van der Waals surface area contributed by atoms with E-state index in [4.69, 9.17) is 10.5 Å². The van der Waals surface area contributed by atoms with Gasteiger partial charge in [0.05, 0.1) is 12.6 Å². The zero-order valence-corrected chi connectivity index (χ0v) is 9.10. The van der Waals surface area contributed by atoms with Gasteiger partial charge in [0.1, 0.15) is 17.4 Å². The summed E-state index contributed by atoms with van der Waals surface area (Å²) in [5.41, 5.74) is 6.79. The zero-order valence-electron chi connectivity index (χ0n) is 9.10. The molecule has 0 amide bonds. The Morgan fingerprint density at radius 3 is 2.81 bits per heavy atom. The number of fused-ring (bicyclic) bond motifs is 1. The van der Waals surface area contributed by atoms with E-state index in [-0.39, 0.29) is 0 Å². The van der Waals surface area contributed by atoms with E-state index in [9.17, 15) is 0 Å². The highest BCUT2D eigenvalue weighted by Crippen LogP contribution is 2.39. The Kier molecular flexibility index (Phi) is 1.96. The number of nitrogens with two attached hydrogens (primary N) is 1. The molecule has 0 saturated heterocycles. The van der Waals surface area contributed by atoms with Gasteiger partial charge < -0.3 is 10.5 Å². The van der Waals surface area contributed by atoms with Crippen molar-refractivity contribution < 1.29 is 4.74 Å². The molecule has 1 saturated carbocycles. The lowest BCUT2D eigenvalue weighted by Crippen LogP contribution is -2.00. The monoisotopic (exact) mass is 215 g/mol. The molecule has 4 nitrogen and oxygen atoms in total. The highest BCUT2D eigenvalue weighted by molar-refractivity contribution is 5.88. The van der Waals surface area contributed by atoms with Gasteiger partial charge in [-0.25, -0.2) is 9.97 Å². The maximum atomic E-state index is 5.92. The Morgan fingerprint density at radius 1 is 1.31 bits per heavy atom.